The highest BCUT2D eigenvalue weighted by Crippen LogP contribution is 2.44. The molecule has 0 atom stereocenters. The zero-order valence-corrected chi connectivity index (χ0v) is 10.4. The van der Waals surface area contributed by atoms with E-state index in [1.165, 1.54) is 6.92 Å². The third-order valence-electron chi connectivity index (χ3n) is 3.31. The van der Waals surface area contributed by atoms with Crippen LogP contribution in [0.2, 0.25) is 0 Å². The van der Waals surface area contributed by atoms with Crippen LogP contribution in [0.25, 0.3) is 11.1 Å². The molecule has 3 rings (SSSR count). The van der Waals surface area contributed by atoms with Crippen LogP contribution in [-0.4, -0.2) is 11.9 Å². The van der Waals surface area contributed by atoms with Crippen molar-refractivity contribution in [3.63, 3.8) is 0 Å². The van der Waals surface area contributed by atoms with E-state index in [1.54, 1.807) is 0 Å². The molecule has 0 bridgehead atoms. The molecule has 3 heteroatoms. The monoisotopic (exact) mass is 252 g/mol. The number of benzene rings is 2. The highest BCUT2D eigenvalue weighted by atomic mass is 16.6. The smallest absolute Gasteiger partial charge is 0.325 e. The van der Waals surface area contributed by atoms with E-state index >= 15 is 0 Å². The van der Waals surface area contributed by atoms with E-state index in [0.29, 0.717) is 0 Å². The summed E-state index contributed by atoms with van der Waals surface area (Å²) in [6, 6.07) is 15.4. The minimum Gasteiger partial charge on any atom is -0.393 e. The van der Waals surface area contributed by atoms with E-state index < -0.39 is 17.9 Å². The fourth-order valence-electron chi connectivity index (χ4n) is 2.61. The first-order valence-corrected chi connectivity index (χ1v) is 6.09. The number of carbonyl (C=O) groups excluding carboxylic acids is 2. The Morgan fingerprint density at radius 3 is 1.84 bits per heavy atom. The van der Waals surface area contributed by atoms with Gasteiger partial charge in [0, 0.05) is 6.92 Å². The Labute approximate surface area is 110 Å². The second-order valence-electron chi connectivity index (χ2n) is 4.52. The first kappa shape index (κ1) is 11.7. The summed E-state index contributed by atoms with van der Waals surface area (Å²) >= 11 is 0. The summed E-state index contributed by atoms with van der Waals surface area (Å²) in [6.07, 6.45) is 0. The molecule has 3 nitrogen and oxygen atoms in total. The molecule has 2 aromatic rings. The molecule has 1 aliphatic rings. The van der Waals surface area contributed by atoms with Crippen LogP contribution in [0.15, 0.2) is 48.5 Å². The maximum atomic E-state index is 12.1. The van der Waals surface area contributed by atoms with Crippen molar-refractivity contribution < 1.29 is 14.3 Å². The third-order valence-corrected chi connectivity index (χ3v) is 3.31. The van der Waals surface area contributed by atoms with Gasteiger partial charge in [-0.1, -0.05) is 48.5 Å². The van der Waals surface area contributed by atoms with E-state index in [-0.39, 0.29) is 0 Å². The van der Waals surface area contributed by atoms with Crippen LogP contribution in [0.3, 0.4) is 0 Å². The van der Waals surface area contributed by atoms with Crippen molar-refractivity contribution >= 4 is 11.9 Å². The minimum atomic E-state index is -0.577. The maximum absolute atomic E-state index is 12.1. The second kappa shape index (κ2) is 4.35. The van der Waals surface area contributed by atoms with Crippen molar-refractivity contribution in [3.05, 3.63) is 59.7 Å². The molecule has 0 radical (unpaired) electrons. The lowest BCUT2D eigenvalue weighted by Crippen LogP contribution is -2.17. The molecule has 2 aromatic carbocycles. The van der Waals surface area contributed by atoms with Crippen molar-refractivity contribution in [3.8, 4) is 11.1 Å². The summed E-state index contributed by atoms with van der Waals surface area (Å²) in [6.45, 7) is 1.24. The first-order valence-electron chi connectivity index (χ1n) is 6.09. The third kappa shape index (κ3) is 1.83. The van der Waals surface area contributed by atoms with Crippen LogP contribution in [0.4, 0.5) is 0 Å². The van der Waals surface area contributed by atoms with Gasteiger partial charge in [-0.05, 0) is 22.3 Å². The zero-order chi connectivity index (χ0) is 13.4. The second-order valence-corrected chi connectivity index (χ2v) is 4.52. The predicted octanol–water partition coefficient (Wildman–Crippen LogP) is 2.89. The van der Waals surface area contributed by atoms with Gasteiger partial charge in [-0.2, -0.15) is 0 Å². The van der Waals surface area contributed by atoms with Gasteiger partial charge in [0.15, 0.2) is 0 Å². The van der Waals surface area contributed by atoms with E-state index in [0.717, 1.165) is 22.3 Å². The fraction of sp³-hybridized carbons (Fsp3) is 0.125. The van der Waals surface area contributed by atoms with Crippen molar-refractivity contribution in [1.82, 2.24) is 0 Å². The molecule has 0 amide bonds. The largest absolute Gasteiger partial charge is 0.393 e. The maximum Gasteiger partial charge on any atom is 0.325 e. The van der Waals surface area contributed by atoms with Crippen LogP contribution in [0.1, 0.15) is 24.0 Å². The van der Waals surface area contributed by atoms with Crippen LogP contribution in [0, 0.1) is 0 Å². The average molecular weight is 252 g/mol. The quantitative estimate of drug-likeness (QED) is 0.579. The van der Waals surface area contributed by atoms with Crippen molar-refractivity contribution in [1.29, 1.82) is 0 Å². The van der Waals surface area contributed by atoms with Gasteiger partial charge in [-0.15, -0.1) is 0 Å². The molecule has 94 valence electrons. The number of rotatable bonds is 1. The Hall–Kier alpha value is -2.42. The Kier molecular flexibility index (Phi) is 2.67. The summed E-state index contributed by atoms with van der Waals surface area (Å²) in [5.41, 5.74) is 3.86. The molecule has 1 aliphatic carbocycles. The van der Waals surface area contributed by atoms with Gasteiger partial charge in [0.05, 0.1) is 0 Å². The number of fused-ring (bicyclic) bond motifs is 3. The summed E-state index contributed by atoms with van der Waals surface area (Å²) in [4.78, 5) is 23.1. The van der Waals surface area contributed by atoms with Gasteiger partial charge >= 0.3 is 11.9 Å². The standard InChI is InChI=1S/C16H12O3/c1-10(17)19-16(18)15-13-8-4-2-6-11(13)12-7-3-5-9-14(12)15/h2-9,15H,1H3. The fourth-order valence-corrected chi connectivity index (χ4v) is 2.61. The number of carbonyl (C=O) groups is 2. The Bertz CT molecular complexity index is 628. The van der Waals surface area contributed by atoms with Crippen LogP contribution >= 0.6 is 0 Å². The highest BCUT2D eigenvalue weighted by Gasteiger charge is 2.35. The normalized spacial score (nSPS) is 12.7. The lowest BCUT2D eigenvalue weighted by Gasteiger charge is -2.10. The minimum absolute atomic E-state index is 0.503. The van der Waals surface area contributed by atoms with Gasteiger partial charge in [0.1, 0.15) is 5.92 Å². The summed E-state index contributed by atoms with van der Waals surface area (Å²) < 4.78 is 4.77. The number of hydrogen-bond donors (Lipinski definition) is 0. The van der Waals surface area contributed by atoms with Gasteiger partial charge in [0.2, 0.25) is 0 Å². The SMILES string of the molecule is CC(=O)OC(=O)C1c2ccccc2-c2ccccc21. The van der Waals surface area contributed by atoms with E-state index in [4.69, 9.17) is 4.74 Å². The number of hydrogen-bond acceptors (Lipinski definition) is 3. The topological polar surface area (TPSA) is 43.4 Å². The molecule has 0 saturated heterocycles. The molecular formula is C16H12O3. The molecule has 0 spiro atoms. The zero-order valence-electron chi connectivity index (χ0n) is 10.4. The number of esters is 2. The molecule has 19 heavy (non-hydrogen) atoms. The van der Waals surface area contributed by atoms with Crippen molar-refractivity contribution in [2.75, 3.05) is 0 Å². The van der Waals surface area contributed by atoms with E-state index in [2.05, 4.69) is 0 Å². The lowest BCUT2D eigenvalue weighted by atomic mass is 9.97. The molecule has 0 aliphatic heterocycles. The van der Waals surface area contributed by atoms with Crippen LogP contribution < -0.4 is 0 Å². The summed E-state index contributed by atoms with van der Waals surface area (Å²) in [5, 5.41) is 0. The Morgan fingerprint density at radius 1 is 0.895 bits per heavy atom. The molecule has 0 heterocycles. The molecular weight excluding hydrogens is 240 g/mol. The van der Waals surface area contributed by atoms with E-state index in [9.17, 15) is 9.59 Å². The van der Waals surface area contributed by atoms with Crippen LogP contribution in [0.5, 0.6) is 0 Å². The van der Waals surface area contributed by atoms with Crippen LogP contribution in [-0.2, 0) is 14.3 Å². The Morgan fingerprint density at radius 2 is 1.37 bits per heavy atom. The summed E-state index contributed by atoms with van der Waals surface area (Å²) in [5.74, 6) is -1.59. The summed E-state index contributed by atoms with van der Waals surface area (Å²) in [7, 11) is 0. The Balaban J connectivity index is 2.15. The molecule has 0 fully saturated rings. The highest BCUT2D eigenvalue weighted by molar-refractivity contribution is 5.97. The van der Waals surface area contributed by atoms with E-state index in [1.807, 2.05) is 48.5 Å². The van der Waals surface area contributed by atoms with Crippen molar-refractivity contribution in [2.45, 2.75) is 12.8 Å². The predicted molar refractivity (Wildman–Crippen MR) is 70.5 cm³/mol. The van der Waals surface area contributed by atoms with Gasteiger partial charge in [-0.3, -0.25) is 9.59 Å². The molecule has 0 saturated carbocycles. The molecule has 0 unspecified atom stereocenters. The average Bonchev–Trinajstić information content (AvgIpc) is 2.72. The lowest BCUT2D eigenvalue weighted by molar-refractivity contribution is -0.158. The van der Waals surface area contributed by atoms with Gasteiger partial charge in [-0.25, -0.2) is 0 Å². The first-order chi connectivity index (χ1) is 9.18. The van der Waals surface area contributed by atoms with Crippen molar-refractivity contribution in [2.24, 2.45) is 0 Å². The van der Waals surface area contributed by atoms with Gasteiger partial charge < -0.3 is 4.74 Å². The van der Waals surface area contributed by atoms with Gasteiger partial charge in [0.25, 0.3) is 0 Å². The number of ether oxygens (including phenoxy) is 1. The molecule has 0 aromatic heterocycles. The molecule has 0 N–H and O–H groups in total.